The number of aliphatic imine (C=N–C) groups is 1. The second kappa shape index (κ2) is 9.67. The molecule has 40 heavy (non-hydrogen) atoms. The molecule has 12 heteroatoms. The van der Waals surface area contributed by atoms with Gasteiger partial charge in [-0.3, -0.25) is 14.3 Å². The van der Waals surface area contributed by atoms with E-state index in [0.29, 0.717) is 73.8 Å². The van der Waals surface area contributed by atoms with Crippen molar-refractivity contribution in [1.29, 1.82) is 5.26 Å². The molecular formula is C28H30FN9O2. The zero-order chi connectivity index (χ0) is 28.2. The van der Waals surface area contributed by atoms with E-state index in [1.165, 1.54) is 10.9 Å². The van der Waals surface area contributed by atoms with Gasteiger partial charge in [-0.15, -0.1) is 0 Å². The number of pyridine rings is 1. The van der Waals surface area contributed by atoms with Gasteiger partial charge in [0.25, 0.3) is 5.91 Å². The number of aromatic nitrogens is 3. The summed E-state index contributed by atoms with van der Waals surface area (Å²) in [5.41, 5.74) is 8.63. The summed E-state index contributed by atoms with van der Waals surface area (Å²) in [7, 11) is 0. The fourth-order valence-electron chi connectivity index (χ4n) is 5.96. The average Bonchev–Trinajstić information content (AvgIpc) is 3.72. The first-order valence-electron chi connectivity index (χ1n) is 13.5. The van der Waals surface area contributed by atoms with Crippen LogP contribution in [-0.4, -0.2) is 57.9 Å². The standard InChI is InChI=1S/C28H30FN9O2/c1-3-38-26-21-19(32-15-33-26)12-17(22(29)24(21)35-27(38)40)14-36-8-10-37(11-9-36)20-13-18(28(4-5-28)6-7-30)23(25(31)39)34-16(20)2/h12-13,15H,3-6,8-11,14H2,1-2H3,(H2,31,39)(H,32,33). The molecule has 1 saturated carbocycles. The normalized spacial score (nSPS) is 17.5. The SMILES string of the molecule is CCn1c2c3c(cc(CN4CCN(c5cc(C6(CC#N)CC6)c(C(N)=O)nc5C)CC4)c(F)c3nc1=O)NC=N2. The molecule has 2 aromatic heterocycles. The van der Waals surface area contributed by atoms with Crippen LogP contribution < -0.4 is 21.6 Å². The topological polar surface area (TPSA) is 146 Å². The van der Waals surface area contributed by atoms with E-state index in [2.05, 4.69) is 36.1 Å². The summed E-state index contributed by atoms with van der Waals surface area (Å²) >= 11 is 0. The Morgan fingerprint density at radius 3 is 2.62 bits per heavy atom. The predicted molar refractivity (Wildman–Crippen MR) is 150 cm³/mol. The van der Waals surface area contributed by atoms with Crippen molar-refractivity contribution < 1.29 is 9.18 Å². The molecule has 0 bridgehead atoms. The third kappa shape index (κ3) is 4.17. The summed E-state index contributed by atoms with van der Waals surface area (Å²) in [6.45, 7) is 7.16. The number of nitriles is 1. The van der Waals surface area contributed by atoms with Gasteiger partial charge in [0, 0.05) is 56.7 Å². The highest BCUT2D eigenvalue weighted by atomic mass is 19.1. The highest BCUT2D eigenvalue weighted by Gasteiger charge is 2.47. The number of piperazine rings is 1. The van der Waals surface area contributed by atoms with Crippen LogP contribution >= 0.6 is 0 Å². The molecule has 4 heterocycles. The van der Waals surface area contributed by atoms with Crippen molar-refractivity contribution in [3.05, 3.63) is 50.9 Å². The highest BCUT2D eigenvalue weighted by Crippen LogP contribution is 2.52. The molecule has 0 radical (unpaired) electrons. The van der Waals surface area contributed by atoms with E-state index >= 15 is 4.39 Å². The molecule has 0 unspecified atom stereocenters. The average molecular weight is 544 g/mol. The Morgan fingerprint density at radius 2 is 1.98 bits per heavy atom. The lowest BCUT2D eigenvalue weighted by molar-refractivity contribution is 0.0993. The summed E-state index contributed by atoms with van der Waals surface area (Å²) in [6.07, 6.45) is 3.51. The van der Waals surface area contributed by atoms with Crippen LogP contribution in [0.2, 0.25) is 0 Å². The van der Waals surface area contributed by atoms with E-state index < -0.39 is 17.4 Å². The maximum atomic E-state index is 15.7. The van der Waals surface area contributed by atoms with E-state index in [-0.39, 0.29) is 16.6 Å². The number of nitrogens with two attached hydrogens (primary N) is 1. The Kier molecular flexibility index (Phi) is 6.26. The molecule has 1 saturated heterocycles. The second-order valence-corrected chi connectivity index (χ2v) is 10.7. The summed E-state index contributed by atoms with van der Waals surface area (Å²) < 4.78 is 17.1. The van der Waals surface area contributed by atoms with E-state index in [1.54, 1.807) is 6.07 Å². The zero-order valence-corrected chi connectivity index (χ0v) is 22.5. The third-order valence-electron chi connectivity index (χ3n) is 8.32. The van der Waals surface area contributed by atoms with Crippen LogP contribution in [0.3, 0.4) is 0 Å². The first kappa shape index (κ1) is 25.9. The lowest BCUT2D eigenvalue weighted by Crippen LogP contribution is -2.46. The van der Waals surface area contributed by atoms with Gasteiger partial charge in [-0.1, -0.05) is 0 Å². The number of carbonyl (C=O) groups excluding carboxylic acids is 1. The van der Waals surface area contributed by atoms with Crippen LogP contribution in [0, 0.1) is 24.1 Å². The largest absolute Gasteiger partial charge is 0.367 e. The number of amides is 1. The smallest absolute Gasteiger partial charge is 0.349 e. The van der Waals surface area contributed by atoms with E-state index in [0.717, 1.165) is 24.1 Å². The maximum Gasteiger partial charge on any atom is 0.349 e. The summed E-state index contributed by atoms with van der Waals surface area (Å²) in [4.78, 5) is 42.0. The molecule has 3 aliphatic rings. The van der Waals surface area contributed by atoms with E-state index in [9.17, 15) is 14.9 Å². The molecule has 11 nitrogen and oxygen atoms in total. The minimum Gasteiger partial charge on any atom is -0.367 e. The molecule has 0 atom stereocenters. The zero-order valence-electron chi connectivity index (χ0n) is 22.5. The van der Waals surface area contributed by atoms with Crippen molar-refractivity contribution in [2.75, 3.05) is 36.4 Å². The molecular weight excluding hydrogens is 513 g/mol. The van der Waals surface area contributed by atoms with Crippen molar-refractivity contribution in [3.63, 3.8) is 0 Å². The third-order valence-corrected chi connectivity index (χ3v) is 8.32. The number of aryl methyl sites for hydroxylation is 1. The van der Waals surface area contributed by atoms with Gasteiger partial charge in [0.1, 0.15) is 17.0 Å². The van der Waals surface area contributed by atoms with Gasteiger partial charge in [-0.2, -0.15) is 10.2 Å². The van der Waals surface area contributed by atoms with Crippen LogP contribution in [-0.2, 0) is 18.5 Å². The van der Waals surface area contributed by atoms with Gasteiger partial charge in [0.15, 0.2) is 5.82 Å². The number of rotatable bonds is 7. The molecule has 1 aromatic carbocycles. The van der Waals surface area contributed by atoms with Crippen LogP contribution in [0.1, 0.15) is 53.5 Å². The van der Waals surface area contributed by atoms with Crippen molar-refractivity contribution in [1.82, 2.24) is 19.4 Å². The molecule has 2 aliphatic heterocycles. The first-order valence-corrected chi connectivity index (χ1v) is 13.5. The number of primary amides is 1. The quantitative estimate of drug-likeness (QED) is 0.463. The fraction of sp³-hybridized carbons (Fsp3) is 0.429. The first-order chi connectivity index (χ1) is 19.3. The van der Waals surface area contributed by atoms with Gasteiger partial charge in [0.2, 0.25) is 0 Å². The maximum absolute atomic E-state index is 15.7. The van der Waals surface area contributed by atoms with Crippen molar-refractivity contribution in [3.8, 4) is 6.07 Å². The number of hydrogen-bond acceptors (Lipinski definition) is 9. The molecule has 206 valence electrons. The summed E-state index contributed by atoms with van der Waals surface area (Å²) in [6, 6.07) is 6.02. The number of anilines is 2. The van der Waals surface area contributed by atoms with E-state index in [4.69, 9.17) is 5.73 Å². The minimum atomic E-state index is -0.578. The van der Waals surface area contributed by atoms with Gasteiger partial charge in [-0.25, -0.2) is 19.2 Å². The lowest BCUT2D eigenvalue weighted by atomic mass is 9.90. The van der Waals surface area contributed by atoms with Crippen molar-refractivity contribution >= 4 is 40.3 Å². The van der Waals surface area contributed by atoms with Gasteiger partial charge in [0.05, 0.1) is 34.9 Å². The molecule has 1 aliphatic carbocycles. The van der Waals surface area contributed by atoms with Gasteiger partial charge in [-0.05, 0) is 44.4 Å². The molecule has 2 fully saturated rings. The predicted octanol–water partition coefficient (Wildman–Crippen LogP) is 2.71. The highest BCUT2D eigenvalue weighted by molar-refractivity contribution is 6.06. The Hall–Kier alpha value is -4.37. The van der Waals surface area contributed by atoms with Crippen LogP contribution in [0.4, 0.5) is 21.6 Å². The molecule has 1 amide bonds. The van der Waals surface area contributed by atoms with E-state index in [1.807, 2.05) is 19.9 Å². The number of benzene rings is 1. The number of halogens is 1. The van der Waals surface area contributed by atoms with Crippen LogP contribution in [0.25, 0.3) is 10.9 Å². The van der Waals surface area contributed by atoms with Crippen LogP contribution in [0.5, 0.6) is 0 Å². The summed E-state index contributed by atoms with van der Waals surface area (Å²) in [5.74, 6) is -0.662. The van der Waals surface area contributed by atoms with Crippen molar-refractivity contribution in [2.45, 2.75) is 51.6 Å². The number of hydrogen-bond donors (Lipinski definition) is 2. The Labute approximate surface area is 230 Å². The Bertz CT molecular complexity index is 1680. The lowest BCUT2D eigenvalue weighted by Gasteiger charge is -2.37. The number of nitrogens with zero attached hydrogens (tertiary/aromatic N) is 7. The number of carbonyl (C=O) groups is 1. The van der Waals surface area contributed by atoms with Crippen LogP contribution in [0.15, 0.2) is 21.9 Å². The Balaban J connectivity index is 1.24. The number of nitrogens with one attached hydrogen (secondary N) is 1. The van der Waals surface area contributed by atoms with Gasteiger partial charge >= 0.3 is 5.69 Å². The monoisotopic (exact) mass is 543 g/mol. The molecule has 6 rings (SSSR count). The fourth-order valence-corrected chi connectivity index (χ4v) is 5.96. The summed E-state index contributed by atoms with van der Waals surface area (Å²) in [5, 5.41) is 13.0. The second-order valence-electron chi connectivity index (χ2n) is 10.7. The minimum absolute atomic E-state index is 0.0373. The Morgan fingerprint density at radius 1 is 1.23 bits per heavy atom. The van der Waals surface area contributed by atoms with Crippen molar-refractivity contribution in [2.24, 2.45) is 10.7 Å². The van der Waals surface area contributed by atoms with Gasteiger partial charge < -0.3 is 16.0 Å². The molecule has 0 spiro atoms. The molecule has 3 aromatic rings. The molecule has 3 N–H and O–H groups in total.